The number of aliphatic hydroxyl groups excluding tert-OH is 1. The first-order valence-electron chi connectivity index (χ1n) is 20.3. The Morgan fingerprint density at radius 3 is 2.10 bits per heavy atom. The molecule has 7 heteroatoms. The van der Waals surface area contributed by atoms with E-state index >= 15 is 0 Å². The first kappa shape index (κ1) is 40.2. The van der Waals surface area contributed by atoms with E-state index < -0.39 is 16.6 Å². The summed E-state index contributed by atoms with van der Waals surface area (Å²) in [5, 5.41) is 12.7. The van der Waals surface area contributed by atoms with Crippen LogP contribution in [0.4, 0.5) is 0 Å². The third kappa shape index (κ3) is 6.14. The molecule has 0 saturated heterocycles. The molecule has 0 radical (unpaired) electrons. The summed E-state index contributed by atoms with van der Waals surface area (Å²) in [4.78, 5) is 4.01. The maximum Gasteiger partial charge on any atom is 0.192 e. The first-order chi connectivity index (χ1) is 23.5. The lowest BCUT2D eigenvalue weighted by atomic mass is 9.40. The number of H-pyrrole nitrogens is 1. The lowest BCUT2D eigenvalue weighted by Crippen LogP contribution is -2.66. The smallest absolute Gasteiger partial charge is 0.192 e. The van der Waals surface area contributed by atoms with Gasteiger partial charge in [0.25, 0.3) is 0 Å². The molecule has 1 aromatic heterocycles. The molecule has 6 rings (SSSR count). The van der Waals surface area contributed by atoms with Crippen LogP contribution in [0.25, 0.3) is 22.6 Å². The Morgan fingerprint density at radius 2 is 1.50 bits per heavy atom. The molecule has 6 atom stereocenters. The second kappa shape index (κ2) is 12.3. The van der Waals surface area contributed by atoms with Crippen LogP contribution in [0, 0.1) is 22.7 Å². The van der Waals surface area contributed by atoms with Crippen LogP contribution in [0.5, 0.6) is 0 Å². The molecule has 2 aromatic rings. The Morgan fingerprint density at radius 1 is 0.865 bits per heavy atom. The van der Waals surface area contributed by atoms with Gasteiger partial charge < -0.3 is 23.7 Å². The molecule has 0 unspecified atom stereocenters. The number of hydrogen-bond acceptors (Lipinski definition) is 4. The summed E-state index contributed by atoms with van der Waals surface area (Å²) in [6.45, 7) is 40.9. The molecule has 2 heterocycles. The third-order valence-electron chi connectivity index (χ3n) is 15.9. The van der Waals surface area contributed by atoms with Gasteiger partial charge in [-0.05, 0) is 160 Å². The van der Waals surface area contributed by atoms with Gasteiger partial charge in [-0.3, -0.25) is 0 Å². The second-order valence-electron chi connectivity index (χ2n) is 22.1. The average Bonchev–Trinajstić information content (AvgIpc) is 3.57. The van der Waals surface area contributed by atoms with Gasteiger partial charge in [-0.2, -0.15) is 0 Å². The molecule has 52 heavy (non-hydrogen) atoms. The molecule has 2 saturated carbocycles. The Hall–Kier alpha value is -1.49. The summed E-state index contributed by atoms with van der Waals surface area (Å²) in [6.07, 6.45) is 8.93. The third-order valence-corrected chi connectivity index (χ3v) is 24.9. The quantitative estimate of drug-likeness (QED) is 0.277. The largest absolute Gasteiger partial charge is 0.416 e. The van der Waals surface area contributed by atoms with Crippen LogP contribution in [0.2, 0.25) is 36.3 Å². The molecule has 3 aliphatic carbocycles. The van der Waals surface area contributed by atoms with Gasteiger partial charge in [-0.15, -0.1) is 0 Å². The number of rotatable bonds is 7. The lowest BCUT2D eigenvalue weighted by Gasteiger charge is -2.67. The van der Waals surface area contributed by atoms with Crippen molar-refractivity contribution in [2.45, 2.75) is 175 Å². The number of aromatic amines is 1. The lowest BCUT2D eigenvalue weighted by molar-refractivity contribution is -0.178. The fourth-order valence-electron chi connectivity index (χ4n) is 10.5. The Bertz CT molecular complexity index is 1780. The van der Waals surface area contributed by atoms with Crippen molar-refractivity contribution in [1.29, 1.82) is 0 Å². The predicted molar refractivity (Wildman–Crippen MR) is 225 cm³/mol. The first-order valence-corrected chi connectivity index (χ1v) is 26.1. The van der Waals surface area contributed by atoms with E-state index in [9.17, 15) is 5.11 Å². The molecule has 0 bridgehead atoms. The highest BCUT2D eigenvalue weighted by Crippen LogP contribution is 2.68. The van der Waals surface area contributed by atoms with Crippen LogP contribution >= 0.6 is 0 Å². The van der Waals surface area contributed by atoms with Crippen molar-refractivity contribution >= 4 is 39.2 Å². The number of fused-ring (bicyclic) bond motifs is 5. The van der Waals surface area contributed by atoms with Gasteiger partial charge in [0.15, 0.2) is 16.6 Å². The standard InChI is InChI=1S/C45H73NO4Si2/c1-39(2,3)51(14,15)48-28-43(11)36-19-18-31(27-47)45(13,44(36,12)21-20-38(43)49-52(16,17)40(4,5)6)37-25-30-22-32-29(24-35(30)46-37)23-34-33(32)26-41(7,8)50-42(34,9)10/h22-26,31,36,38,46-47H,18-21,27-28H2,1-17H3/t31-,36-,38-,43-,44-,45+/m0/s1. The molecular formula is C45H73NO4Si2. The van der Waals surface area contributed by atoms with Gasteiger partial charge in [0.05, 0.1) is 17.3 Å². The number of hydrogen-bond donors (Lipinski definition) is 2. The minimum Gasteiger partial charge on any atom is -0.416 e. The van der Waals surface area contributed by atoms with Gasteiger partial charge in [-0.25, -0.2) is 0 Å². The Balaban J connectivity index is 1.45. The SMILES string of the molecule is CC1(C)C=C2C(=Cc3cc4[nH]c([C@@]5(C)[C@H](CO)CC[C@H]6[C@](C)(CO[Si](C)(C)C(C)(C)C)[C@@H](O[Si](C)(C)C(C)(C)C)CC[C@@]65C)cc4cc32)C(C)(C)O1. The van der Waals surface area contributed by atoms with Crippen molar-refractivity contribution < 1.29 is 18.7 Å². The number of benzene rings is 1. The van der Waals surface area contributed by atoms with Crippen LogP contribution < -0.4 is 0 Å². The monoisotopic (exact) mass is 748 g/mol. The van der Waals surface area contributed by atoms with Crippen LogP contribution in [0.3, 0.4) is 0 Å². The number of nitrogens with one attached hydrogen (secondary N) is 1. The summed E-state index contributed by atoms with van der Waals surface area (Å²) in [6, 6.07) is 7.19. The molecule has 4 aliphatic rings. The van der Waals surface area contributed by atoms with E-state index in [2.05, 4.69) is 152 Å². The van der Waals surface area contributed by atoms with E-state index in [1.807, 2.05) is 0 Å². The Labute approximate surface area is 319 Å². The van der Waals surface area contributed by atoms with Crippen LogP contribution in [-0.4, -0.2) is 57.2 Å². The maximum absolute atomic E-state index is 11.2. The van der Waals surface area contributed by atoms with Gasteiger partial charge in [0.2, 0.25) is 0 Å². The highest BCUT2D eigenvalue weighted by atomic mass is 28.4. The van der Waals surface area contributed by atoms with Gasteiger partial charge in [-0.1, -0.05) is 62.3 Å². The minimum absolute atomic E-state index is 0.0779. The molecule has 5 nitrogen and oxygen atoms in total. The van der Waals surface area contributed by atoms with Crippen molar-refractivity contribution in [2.24, 2.45) is 22.7 Å². The van der Waals surface area contributed by atoms with Crippen molar-refractivity contribution in [3.63, 3.8) is 0 Å². The zero-order valence-electron chi connectivity index (χ0n) is 36.0. The van der Waals surface area contributed by atoms with Crippen molar-refractivity contribution in [2.75, 3.05) is 13.2 Å². The molecular weight excluding hydrogens is 675 g/mol. The Kier molecular flexibility index (Phi) is 9.47. The van der Waals surface area contributed by atoms with E-state index in [4.69, 9.17) is 13.6 Å². The zero-order valence-corrected chi connectivity index (χ0v) is 38.0. The van der Waals surface area contributed by atoms with E-state index in [0.29, 0.717) is 5.92 Å². The summed E-state index contributed by atoms with van der Waals surface area (Å²) < 4.78 is 21.3. The fraction of sp³-hybridized carbons (Fsp3) is 0.733. The average molecular weight is 748 g/mol. The van der Waals surface area contributed by atoms with Crippen LogP contribution in [-0.2, 0) is 19.0 Å². The summed E-state index contributed by atoms with van der Waals surface area (Å²) in [7, 11) is -4.09. The summed E-state index contributed by atoms with van der Waals surface area (Å²) >= 11 is 0. The molecule has 0 amide bonds. The topological polar surface area (TPSA) is 63.7 Å². The van der Waals surface area contributed by atoms with Gasteiger partial charge in [0, 0.05) is 40.6 Å². The molecule has 2 fully saturated rings. The molecule has 290 valence electrons. The van der Waals surface area contributed by atoms with Gasteiger partial charge >= 0.3 is 0 Å². The highest BCUT2D eigenvalue weighted by molar-refractivity contribution is 6.74. The molecule has 1 aliphatic heterocycles. The predicted octanol–water partition coefficient (Wildman–Crippen LogP) is 12.0. The summed E-state index contributed by atoms with van der Waals surface area (Å²) in [5.74, 6) is 0.531. The van der Waals surface area contributed by atoms with Gasteiger partial charge in [0.1, 0.15) is 0 Å². The highest BCUT2D eigenvalue weighted by Gasteiger charge is 2.66. The maximum atomic E-state index is 11.2. The number of ether oxygens (including phenoxy) is 1. The summed E-state index contributed by atoms with van der Waals surface area (Å²) in [5.41, 5.74) is 6.36. The second-order valence-corrected chi connectivity index (χ2v) is 31.7. The normalized spacial score (nSPS) is 33.3. The number of aliphatic hydroxyl groups is 1. The van der Waals surface area contributed by atoms with E-state index in [1.165, 1.54) is 38.9 Å². The molecule has 1 aromatic carbocycles. The van der Waals surface area contributed by atoms with Crippen molar-refractivity contribution in [1.82, 2.24) is 4.98 Å². The van der Waals surface area contributed by atoms with Crippen LogP contribution in [0.1, 0.15) is 133 Å². The van der Waals surface area contributed by atoms with Crippen LogP contribution in [0.15, 0.2) is 29.8 Å². The number of aromatic nitrogens is 1. The van der Waals surface area contributed by atoms with E-state index in [0.717, 1.165) is 32.3 Å². The van der Waals surface area contributed by atoms with Crippen molar-refractivity contribution in [3.8, 4) is 0 Å². The fourth-order valence-corrected chi connectivity index (χ4v) is 13.1. The van der Waals surface area contributed by atoms with Crippen molar-refractivity contribution in [3.05, 3.63) is 46.7 Å². The van der Waals surface area contributed by atoms with E-state index in [1.54, 1.807) is 0 Å². The molecule has 0 spiro atoms. The minimum atomic E-state index is -2.06. The zero-order chi connectivity index (χ0) is 38.9. The molecule has 2 N–H and O–H groups in total. The van der Waals surface area contributed by atoms with E-state index in [-0.39, 0.29) is 56.2 Å².